The van der Waals surface area contributed by atoms with Gasteiger partial charge in [-0.3, -0.25) is 0 Å². The molecule has 0 aliphatic rings. The molecule has 0 fully saturated rings. The Kier molecular flexibility index (Phi) is 5.63. The highest BCUT2D eigenvalue weighted by Gasteiger charge is 1.97. The first-order valence-electron chi connectivity index (χ1n) is 6.68. The van der Waals surface area contributed by atoms with Crippen molar-refractivity contribution < 1.29 is 9.53 Å². The van der Waals surface area contributed by atoms with Gasteiger partial charge in [0, 0.05) is 17.9 Å². The van der Waals surface area contributed by atoms with Crippen molar-refractivity contribution in [2.24, 2.45) is 0 Å². The molecule has 2 nitrogen and oxygen atoms in total. The van der Waals surface area contributed by atoms with Crippen molar-refractivity contribution in [1.82, 2.24) is 0 Å². The first-order valence-corrected chi connectivity index (χ1v) is 7.05. The quantitative estimate of drug-likeness (QED) is 0.717. The molecule has 0 atom stereocenters. The standard InChI is InChI=1S/C17H17ClO2/c18-16-7-3-15(4-8-16)11-13-20-17-9-5-14(6-10-17)2-1-12-19/h3-10,12H,1-2,11,13H2. The zero-order chi connectivity index (χ0) is 14.2. The van der Waals surface area contributed by atoms with Gasteiger partial charge < -0.3 is 9.53 Å². The van der Waals surface area contributed by atoms with Crippen molar-refractivity contribution >= 4 is 17.9 Å². The molecule has 0 aliphatic heterocycles. The highest BCUT2D eigenvalue weighted by molar-refractivity contribution is 6.30. The van der Waals surface area contributed by atoms with Crippen molar-refractivity contribution in [2.75, 3.05) is 6.61 Å². The molecule has 2 aromatic rings. The third kappa shape index (κ3) is 4.71. The summed E-state index contributed by atoms with van der Waals surface area (Å²) in [6, 6.07) is 15.7. The van der Waals surface area contributed by atoms with Crippen LogP contribution in [0, 0.1) is 0 Å². The zero-order valence-electron chi connectivity index (χ0n) is 11.2. The Labute approximate surface area is 124 Å². The number of aryl methyl sites for hydroxylation is 1. The Morgan fingerprint density at radius 3 is 2.15 bits per heavy atom. The Bertz CT molecular complexity index is 532. The van der Waals surface area contributed by atoms with Crippen LogP contribution in [0.3, 0.4) is 0 Å². The van der Waals surface area contributed by atoms with E-state index in [1.54, 1.807) is 0 Å². The minimum Gasteiger partial charge on any atom is -0.493 e. The van der Waals surface area contributed by atoms with Crippen LogP contribution in [0.1, 0.15) is 17.5 Å². The summed E-state index contributed by atoms with van der Waals surface area (Å²) in [6.45, 7) is 0.634. The summed E-state index contributed by atoms with van der Waals surface area (Å²) in [4.78, 5) is 10.3. The average molecular weight is 289 g/mol. The highest BCUT2D eigenvalue weighted by Crippen LogP contribution is 2.14. The summed E-state index contributed by atoms with van der Waals surface area (Å²) in [5.41, 5.74) is 2.36. The molecule has 0 aromatic heterocycles. The lowest BCUT2D eigenvalue weighted by Crippen LogP contribution is -2.01. The molecule has 0 saturated carbocycles. The van der Waals surface area contributed by atoms with Gasteiger partial charge in [-0.25, -0.2) is 0 Å². The van der Waals surface area contributed by atoms with E-state index in [-0.39, 0.29) is 0 Å². The van der Waals surface area contributed by atoms with E-state index in [0.717, 1.165) is 35.5 Å². The van der Waals surface area contributed by atoms with Gasteiger partial charge in [0.25, 0.3) is 0 Å². The van der Waals surface area contributed by atoms with Crippen molar-refractivity contribution in [2.45, 2.75) is 19.3 Å². The Balaban J connectivity index is 1.79. The van der Waals surface area contributed by atoms with Crippen molar-refractivity contribution in [1.29, 1.82) is 0 Å². The second kappa shape index (κ2) is 7.71. The van der Waals surface area contributed by atoms with Gasteiger partial charge in [-0.05, 0) is 41.8 Å². The predicted octanol–water partition coefficient (Wildman–Crippen LogP) is 4.09. The minimum absolute atomic E-state index is 0.566. The molecule has 0 bridgehead atoms. The molecule has 0 spiro atoms. The van der Waals surface area contributed by atoms with Crippen molar-refractivity contribution in [3.8, 4) is 5.75 Å². The molecule has 0 radical (unpaired) electrons. The van der Waals surface area contributed by atoms with E-state index in [1.165, 1.54) is 5.56 Å². The molecule has 104 valence electrons. The summed E-state index contributed by atoms with van der Waals surface area (Å²) in [7, 11) is 0. The van der Waals surface area contributed by atoms with E-state index in [4.69, 9.17) is 16.3 Å². The highest BCUT2D eigenvalue weighted by atomic mass is 35.5. The molecule has 2 rings (SSSR count). The number of ether oxygens (including phenoxy) is 1. The Hall–Kier alpha value is -1.80. The smallest absolute Gasteiger partial charge is 0.120 e. The van der Waals surface area contributed by atoms with Gasteiger partial charge in [-0.1, -0.05) is 35.9 Å². The SMILES string of the molecule is O=CCCc1ccc(OCCc2ccc(Cl)cc2)cc1. The van der Waals surface area contributed by atoms with E-state index in [0.29, 0.717) is 13.0 Å². The van der Waals surface area contributed by atoms with E-state index in [1.807, 2.05) is 48.5 Å². The van der Waals surface area contributed by atoms with E-state index in [2.05, 4.69) is 0 Å². The molecule has 20 heavy (non-hydrogen) atoms. The molecule has 0 saturated heterocycles. The predicted molar refractivity (Wildman–Crippen MR) is 81.5 cm³/mol. The molecule has 0 amide bonds. The van der Waals surface area contributed by atoms with Crippen LogP contribution in [0.5, 0.6) is 5.75 Å². The zero-order valence-corrected chi connectivity index (χ0v) is 12.0. The van der Waals surface area contributed by atoms with E-state index in [9.17, 15) is 4.79 Å². The van der Waals surface area contributed by atoms with Crippen LogP contribution in [0.25, 0.3) is 0 Å². The molecule has 0 N–H and O–H groups in total. The van der Waals surface area contributed by atoms with Crippen LogP contribution in [-0.4, -0.2) is 12.9 Å². The maximum absolute atomic E-state index is 10.3. The largest absolute Gasteiger partial charge is 0.493 e. The third-order valence-corrected chi connectivity index (χ3v) is 3.30. The second-order valence-corrected chi connectivity index (χ2v) is 5.01. The number of carbonyl (C=O) groups is 1. The maximum Gasteiger partial charge on any atom is 0.120 e. The van der Waals surface area contributed by atoms with Gasteiger partial charge >= 0.3 is 0 Å². The number of rotatable bonds is 7. The van der Waals surface area contributed by atoms with Crippen LogP contribution in [0.15, 0.2) is 48.5 Å². The van der Waals surface area contributed by atoms with Crippen LogP contribution >= 0.6 is 11.6 Å². The van der Waals surface area contributed by atoms with E-state index < -0.39 is 0 Å². The van der Waals surface area contributed by atoms with Gasteiger partial charge in [-0.2, -0.15) is 0 Å². The van der Waals surface area contributed by atoms with Gasteiger partial charge in [-0.15, -0.1) is 0 Å². The van der Waals surface area contributed by atoms with Crippen molar-refractivity contribution in [3.05, 3.63) is 64.7 Å². The lowest BCUT2D eigenvalue weighted by Gasteiger charge is -2.07. The molecular weight excluding hydrogens is 272 g/mol. The fraction of sp³-hybridized carbons (Fsp3) is 0.235. The minimum atomic E-state index is 0.566. The van der Waals surface area contributed by atoms with E-state index >= 15 is 0 Å². The summed E-state index contributed by atoms with van der Waals surface area (Å²) >= 11 is 5.84. The summed E-state index contributed by atoms with van der Waals surface area (Å²) in [5.74, 6) is 0.855. The van der Waals surface area contributed by atoms with Gasteiger partial charge in [0.1, 0.15) is 12.0 Å². The Morgan fingerprint density at radius 1 is 0.900 bits per heavy atom. The maximum atomic E-state index is 10.3. The number of carbonyl (C=O) groups excluding carboxylic acids is 1. The normalized spacial score (nSPS) is 10.2. The van der Waals surface area contributed by atoms with Crippen LogP contribution in [-0.2, 0) is 17.6 Å². The van der Waals surface area contributed by atoms with Gasteiger partial charge in [0.05, 0.1) is 6.61 Å². The number of hydrogen-bond donors (Lipinski definition) is 0. The first-order chi connectivity index (χ1) is 9.78. The summed E-state index contributed by atoms with van der Waals surface area (Å²) < 4.78 is 5.70. The molecule has 0 heterocycles. The first kappa shape index (κ1) is 14.6. The van der Waals surface area contributed by atoms with Crippen LogP contribution in [0.2, 0.25) is 5.02 Å². The second-order valence-electron chi connectivity index (χ2n) is 4.57. The molecule has 3 heteroatoms. The number of hydrogen-bond acceptors (Lipinski definition) is 2. The third-order valence-electron chi connectivity index (χ3n) is 3.05. The molecule has 0 unspecified atom stereocenters. The molecule has 0 aliphatic carbocycles. The molecular formula is C17H17ClO2. The molecule has 2 aromatic carbocycles. The summed E-state index contributed by atoms with van der Waals surface area (Å²) in [6.07, 6.45) is 3.14. The van der Waals surface area contributed by atoms with Crippen LogP contribution in [0.4, 0.5) is 0 Å². The number of halogens is 1. The monoisotopic (exact) mass is 288 g/mol. The number of benzene rings is 2. The lowest BCUT2D eigenvalue weighted by atomic mass is 10.1. The fourth-order valence-electron chi connectivity index (χ4n) is 1.92. The fourth-order valence-corrected chi connectivity index (χ4v) is 2.04. The van der Waals surface area contributed by atoms with Crippen molar-refractivity contribution in [3.63, 3.8) is 0 Å². The average Bonchev–Trinajstić information content (AvgIpc) is 2.48. The lowest BCUT2D eigenvalue weighted by molar-refractivity contribution is -0.107. The topological polar surface area (TPSA) is 26.3 Å². The number of aldehydes is 1. The van der Waals surface area contributed by atoms with Crippen LogP contribution < -0.4 is 4.74 Å². The van der Waals surface area contributed by atoms with Gasteiger partial charge in [0.15, 0.2) is 0 Å². The Morgan fingerprint density at radius 2 is 1.50 bits per heavy atom. The van der Waals surface area contributed by atoms with Gasteiger partial charge in [0.2, 0.25) is 0 Å². The summed E-state index contributed by atoms with van der Waals surface area (Å²) in [5, 5.41) is 0.751.